The van der Waals surface area contributed by atoms with Gasteiger partial charge in [-0.3, -0.25) is 9.59 Å². The lowest BCUT2D eigenvalue weighted by Gasteiger charge is -2.20. The average Bonchev–Trinajstić information content (AvgIpc) is 3.44. The van der Waals surface area contributed by atoms with Crippen molar-refractivity contribution >= 4 is 92.8 Å². The summed E-state index contributed by atoms with van der Waals surface area (Å²) in [6.45, 7) is 0. The van der Waals surface area contributed by atoms with E-state index < -0.39 is 33.8 Å². The zero-order valence-electron chi connectivity index (χ0n) is 18.6. The molecule has 2 amide bonds. The summed E-state index contributed by atoms with van der Waals surface area (Å²) in [6.07, 6.45) is 0. The summed E-state index contributed by atoms with van der Waals surface area (Å²) in [5.74, 6) is -3.15. The van der Waals surface area contributed by atoms with Gasteiger partial charge >= 0.3 is 0 Å². The van der Waals surface area contributed by atoms with Crippen LogP contribution in [0.15, 0.2) is 48.5 Å². The number of hydrogen-bond acceptors (Lipinski definition) is 3. The smallest absolute Gasteiger partial charge is 0.259 e. The Balaban J connectivity index is 1.57. The van der Waals surface area contributed by atoms with Crippen LogP contribution in [0.2, 0.25) is 20.1 Å². The third-order valence-electron chi connectivity index (χ3n) is 5.91. The lowest BCUT2D eigenvalue weighted by atomic mass is 10.1. The molecule has 1 N–H and O–H groups in total. The molecule has 1 saturated carbocycles. The molecule has 37 heavy (non-hydrogen) atoms. The van der Waals surface area contributed by atoms with Crippen LogP contribution in [0.1, 0.15) is 27.4 Å². The molecule has 3 aromatic carbocycles. The zero-order valence-corrected chi connectivity index (χ0v) is 23.2. The molecule has 190 valence electrons. The fourth-order valence-corrected chi connectivity index (χ4v) is 5.63. The van der Waals surface area contributed by atoms with Crippen molar-refractivity contribution in [2.24, 2.45) is 5.92 Å². The minimum atomic E-state index is -1.42. The number of anilines is 2. The monoisotopic (exact) mass is 617 g/mol. The van der Waals surface area contributed by atoms with Crippen LogP contribution >= 0.6 is 69.6 Å². The van der Waals surface area contributed by atoms with Crippen molar-refractivity contribution < 1.29 is 14.0 Å². The molecule has 0 aliphatic heterocycles. The molecule has 2 atom stereocenters. The largest absolute Gasteiger partial charge is 0.326 e. The average molecular weight is 620 g/mol. The fourth-order valence-electron chi connectivity index (χ4n) is 3.99. The van der Waals surface area contributed by atoms with Gasteiger partial charge < -0.3 is 10.2 Å². The lowest BCUT2D eigenvalue weighted by molar-refractivity contribution is -0.117. The van der Waals surface area contributed by atoms with Crippen LogP contribution in [0.25, 0.3) is 0 Å². The maximum absolute atomic E-state index is 13.5. The van der Waals surface area contributed by atoms with Gasteiger partial charge in [0.15, 0.2) is 0 Å². The first-order valence-electron chi connectivity index (χ1n) is 10.5. The molecule has 12 heteroatoms. The summed E-state index contributed by atoms with van der Waals surface area (Å²) in [4.78, 5) is 27.4. The molecule has 0 saturated heterocycles. The summed E-state index contributed by atoms with van der Waals surface area (Å²) in [6, 6.07) is 12.8. The summed E-state index contributed by atoms with van der Waals surface area (Å²) >= 11 is 37.3. The molecular weight excluding hydrogens is 606 g/mol. The molecule has 0 unspecified atom stereocenters. The lowest BCUT2D eigenvalue weighted by Crippen LogP contribution is -2.27. The first-order valence-corrected chi connectivity index (χ1v) is 12.7. The van der Waals surface area contributed by atoms with Gasteiger partial charge in [-0.25, -0.2) is 4.39 Å². The number of nitrogens with one attached hydrogen (secondary N) is 1. The Bertz CT molecular complexity index is 1470. The number of carbonyl (C=O) groups excluding carboxylic acids is 2. The summed E-state index contributed by atoms with van der Waals surface area (Å²) in [5.41, 5.74) is 1.01. The van der Waals surface area contributed by atoms with E-state index in [0.29, 0.717) is 5.56 Å². The second-order valence-electron chi connectivity index (χ2n) is 8.25. The van der Waals surface area contributed by atoms with E-state index in [-0.39, 0.29) is 42.6 Å². The number of hydrogen-bond donors (Lipinski definition) is 1. The van der Waals surface area contributed by atoms with E-state index in [2.05, 4.69) is 5.32 Å². The summed E-state index contributed by atoms with van der Waals surface area (Å²) in [5, 5.41) is 12.7. The molecule has 0 spiro atoms. The van der Waals surface area contributed by atoms with Crippen LogP contribution in [-0.2, 0) is 4.79 Å². The fraction of sp³-hybridized carbons (Fsp3) is 0.160. The second-order valence-corrected chi connectivity index (χ2v) is 11.3. The Morgan fingerprint density at radius 3 is 2.27 bits per heavy atom. The third-order valence-corrected chi connectivity index (χ3v) is 8.38. The predicted octanol–water partition coefficient (Wildman–Crippen LogP) is 8.11. The van der Waals surface area contributed by atoms with E-state index in [4.69, 9.17) is 69.6 Å². The van der Waals surface area contributed by atoms with Gasteiger partial charge in [-0.05, 0) is 54.1 Å². The van der Waals surface area contributed by atoms with Crippen LogP contribution < -0.4 is 10.2 Å². The van der Waals surface area contributed by atoms with Crippen molar-refractivity contribution in [3.8, 4) is 6.07 Å². The number of rotatable bonds is 5. The maximum Gasteiger partial charge on any atom is 0.259 e. The Morgan fingerprint density at radius 1 is 1.00 bits per heavy atom. The van der Waals surface area contributed by atoms with Gasteiger partial charge in [0, 0.05) is 18.7 Å². The van der Waals surface area contributed by atoms with Crippen LogP contribution in [-0.4, -0.2) is 23.2 Å². The topological polar surface area (TPSA) is 73.2 Å². The van der Waals surface area contributed by atoms with E-state index >= 15 is 0 Å². The van der Waals surface area contributed by atoms with Crippen molar-refractivity contribution in [3.05, 3.63) is 91.1 Å². The van der Waals surface area contributed by atoms with Crippen molar-refractivity contribution in [1.29, 1.82) is 5.26 Å². The predicted molar refractivity (Wildman–Crippen MR) is 146 cm³/mol. The van der Waals surface area contributed by atoms with Crippen molar-refractivity contribution in [3.63, 3.8) is 0 Å². The van der Waals surface area contributed by atoms with Gasteiger partial charge in [-0.1, -0.05) is 46.4 Å². The highest BCUT2D eigenvalue weighted by Gasteiger charge is 2.67. The number of benzene rings is 3. The van der Waals surface area contributed by atoms with E-state index in [1.165, 1.54) is 31.3 Å². The first-order chi connectivity index (χ1) is 17.4. The molecule has 0 aromatic heterocycles. The number of halogens is 7. The minimum Gasteiger partial charge on any atom is -0.326 e. The molecule has 1 fully saturated rings. The highest BCUT2D eigenvalue weighted by molar-refractivity contribution is 6.54. The molecular formula is C25H14Cl6FN3O2. The Morgan fingerprint density at radius 2 is 1.65 bits per heavy atom. The maximum atomic E-state index is 13.5. The Kier molecular flexibility index (Phi) is 7.88. The third kappa shape index (κ3) is 5.35. The van der Waals surface area contributed by atoms with Gasteiger partial charge in [0.05, 0.1) is 42.8 Å². The van der Waals surface area contributed by atoms with E-state index in [0.717, 1.165) is 17.0 Å². The van der Waals surface area contributed by atoms with Gasteiger partial charge in [0.1, 0.15) is 16.2 Å². The van der Waals surface area contributed by atoms with E-state index in [1.54, 1.807) is 12.1 Å². The second kappa shape index (κ2) is 10.5. The molecule has 0 bridgehead atoms. The molecule has 1 aliphatic rings. The molecule has 3 aromatic rings. The van der Waals surface area contributed by atoms with E-state index in [1.807, 2.05) is 6.07 Å². The SMILES string of the molecule is CN(C(=O)c1cc(NC(=O)[C@@H]2[C@@H](c3cc(Cl)c(Cl)c(Cl)c3)C2(Cl)Cl)ccc1Cl)c1ccc(F)cc1C#N. The van der Waals surface area contributed by atoms with Gasteiger partial charge in [0.25, 0.3) is 5.91 Å². The van der Waals surface area contributed by atoms with Crippen LogP contribution in [0, 0.1) is 23.1 Å². The number of alkyl halides is 2. The van der Waals surface area contributed by atoms with Crippen molar-refractivity contribution in [2.45, 2.75) is 10.3 Å². The molecule has 4 rings (SSSR count). The Hall–Kier alpha value is -2.24. The molecule has 1 aliphatic carbocycles. The zero-order chi connectivity index (χ0) is 27.2. The number of nitriles is 1. The molecule has 0 radical (unpaired) electrons. The number of carbonyl (C=O) groups is 2. The number of amides is 2. The van der Waals surface area contributed by atoms with Crippen LogP contribution in [0.3, 0.4) is 0 Å². The van der Waals surface area contributed by atoms with Crippen molar-refractivity contribution in [2.75, 3.05) is 17.3 Å². The van der Waals surface area contributed by atoms with Crippen molar-refractivity contribution in [1.82, 2.24) is 0 Å². The van der Waals surface area contributed by atoms with Crippen LogP contribution in [0.4, 0.5) is 15.8 Å². The Labute approximate surface area is 241 Å². The molecule has 5 nitrogen and oxygen atoms in total. The normalized spacial score (nSPS) is 17.6. The van der Waals surface area contributed by atoms with Gasteiger partial charge in [-0.15, -0.1) is 23.2 Å². The standard InChI is InChI=1S/C25H14Cl6FN3O2/c1-35(19-5-2-13(32)6-12(19)10-33)24(37)15-9-14(3-4-16(15)26)34-23(36)21-20(25(21,30)31)11-7-17(27)22(29)18(28)8-11/h2-9,20-21H,1H3,(H,34,36)/t20-,21+/m1/s1. The summed E-state index contributed by atoms with van der Waals surface area (Å²) < 4.78 is 12.1. The van der Waals surface area contributed by atoms with Crippen LogP contribution in [0.5, 0.6) is 0 Å². The first kappa shape index (κ1) is 27.8. The minimum absolute atomic E-state index is 0.0285. The summed E-state index contributed by atoms with van der Waals surface area (Å²) in [7, 11) is 1.42. The van der Waals surface area contributed by atoms with Gasteiger partial charge in [-0.2, -0.15) is 5.26 Å². The van der Waals surface area contributed by atoms with Gasteiger partial charge in [0.2, 0.25) is 5.91 Å². The van der Waals surface area contributed by atoms with E-state index in [9.17, 15) is 19.2 Å². The molecule has 0 heterocycles. The quantitative estimate of drug-likeness (QED) is 0.232. The number of nitrogens with zero attached hydrogens (tertiary/aromatic N) is 2. The highest BCUT2D eigenvalue weighted by Crippen LogP contribution is 2.65. The highest BCUT2D eigenvalue weighted by atomic mass is 35.5.